The Kier molecular flexibility index (Phi) is 8.11. The Hall–Kier alpha value is -1.18. The molecule has 28 heavy (non-hydrogen) atoms. The Labute approximate surface area is 174 Å². The topological polar surface area (TPSA) is 55.8 Å². The van der Waals surface area contributed by atoms with Crippen LogP contribution in [0.25, 0.3) is 0 Å². The van der Waals surface area contributed by atoms with Crippen LogP contribution in [0.5, 0.6) is 0 Å². The number of thiazole rings is 1. The standard InChI is InChI=1S/C21H38N6S/c1-4-18-15-23-19(28-18)16-24-20(22-5-2)25-17-21(9-13-26(3)14-10-21)27-11-7-6-8-12-27/h15H,4-14,16-17H2,1-3H3,(H2,22,24,25). The van der Waals surface area contributed by atoms with Gasteiger partial charge in [-0.25, -0.2) is 9.98 Å². The molecule has 0 amide bonds. The Bertz CT molecular complexity index is 614. The molecular formula is C21H38N6S. The van der Waals surface area contributed by atoms with Crippen molar-refractivity contribution in [3.63, 3.8) is 0 Å². The third kappa shape index (κ3) is 5.67. The molecule has 7 heteroatoms. The van der Waals surface area contributed by atoms with Gasteiger partial charge in [0.2, 0.25) is 0 Å². The van der Waals surface area contributed by atoms with Crippen LogP contribution in [0.3, 0.4) is 0 Å². The first kappa shape index (κ1) is 21.5. The van der Waals surface area contributed by atoms with Gasteiger partial charge < -0.3 is 15.5 Å². The van der Waals surface area contributed by atoms with E-state index in [0.717, 1.165) is 30.5 Å². The molecule has 1 aromatic heterocycles. The minimum absolute atomic E-state index is 0.264. The quantitative estimate of drug-likeness (QED) is 0.539. The molecule has 0 spiro atoms. The largest absolute Gasteiger partial charge is 0.357 e. The SMILES string of the molecule is CCNC(=NCc1ncc(CC)s1)NCC1(N2CCCCC2)CCN(C)CC1. The fourth-order valence-corrected chi connectivity index (χ4v) is 5.12. The zero-order valence-electron chi connectivity index (χ0n) is 18.0. The molecule has 158 valence electrons. The summed E-state index contributed by atoms with van der Waals surface area (Å²) in [5, 5.41) is 8.22. The van der Waals surface area contributed by atoms with Crippen molar-refractivity contribution < 1.29 is 0 Å². The summed E-state index contributed by atoms with van der Waals surface area (Å²) in [4.78, 5) is 15.9. The summed E-state index contributed by atoms with van der Waals surface area (Å²) < 4.78 is 0. The van der Waals surface area contributed by atoms with Crippen LogP contribution in [0.1, 0.15) is 55.8 Å². The summed E-state index contributed by atoms with van der Waals surface area (Å²) in [5.74, 6) is 0.922. The van der Waals surface area contributed by atoms with Gasteiger partial charge in [-0.15, -0.1) is 11.3 Å². The molecule has 2 N–H and O–H groups in total. The summed E-state index contributed by atoms with van der Waals surface area (Å²) >= 11 is 1.77. The van der Waals surface area contributed by atoms with E-state index in [9.17, 15) is 0 Å². The third-order valence-electron chi connectivity index (χ3n) is 6.20. The van der Waals surface area contributed by atoms with Crippen LogP contribution in [0, 0.1) is 0 Å². The zero-order valence-corrected chi connectivity index (χ0v) is 18.8. The van der Waals surface area contributed by atoms with E-state index in [1.54, 1.807) is 11.3 Å². The summed E-state index contributed by atoms with van der Waals surface area (Å²) in [7, 11) is 2.25. The first-order valence-electron chi connectivity index (χ1n) is 11.0. The lowest BCUT2D eigenvalue weighted by atomic mass is 9.84. The number of hydrogen-bond donors (Lipinski definition) is 2. The fraction of sp³-hybridized carbons (Fsp3) is 0.810. The molecular weight excluding hydrogens is 368 g/mol. The van der Waals surface area contributed by atoms with Crippen molar-refractivity contribution in [1.82, 2.24) is 25.4 Å². The third-order valence-corrected chi connectivity index (χ3v) is 7.32. The number of rotatable bonds is 7. The van der Waals surface area contributed by atoms with E-state index >= 15 is 0 Å². The molecule has 0 aliphatic carbocycles. The van der Waals surface area contributed by atoms with Gasteiger partial charge in [-0.3, -0.25) is 4.90 Å². The summed E-state index contributed by atoms with van der Waals surface area (Å²) in [6.07, 6.45) is 9.58. The number of nitrogens with one attached hydrogen (secondary N) is 2. The molecule has 3 heterocycles. The number of piperidine rings is 2. The van der Waals surface area contributed by atoms with Crippen molar-refractivity contribution in [3.8, 4) is 0 Å². The number of aromatic nitrogens is 1. The van der Waals surface area contributed by atoms with Crippen molar-refractivity contribution in [1.29, 1.82) is 0 Å². The van der Waals surface area contributed by atoms with Gasteiger partial charge in [0.05, 0.1) is 6.54 Å². The van der Waals surface area contributed by atoms with Crippen LogP contribution < -0.4 is 10.6 Å². The minimum atomic E-state index is 0.264. The van der Waals surface area contributed by atoms with Crippen molar-refractivity contribution in [2.24, 2.45) is 4.99 Å². The second-order valence-corrected chi connectivity index (χ2v) is 9.40. The molecule has 0 radical (unpaired) electrons. The Morgan fingerprint density at radius 1 is 1.14 bits per heavy atom. The normalized spacial score (nSPS) is 21.6. The molecule has 3 rings (SSSR count). The highest BCUT2D eigenvalue weighted by molar-refractivity contribution is 7.11. The summed E-state index contributed by atoms with van der Waals surface area (Å²) in [5.41, 5.74) is 0.264. The van der Waals surface area contributed by atoms with Crippen molar-refractivity contribution in [2.45, 2.75) is 64.5 Å². The Morgan fingerprint density at radius 2 is 1.89 bits per heavy atom. The average Bonchev–Trinajstić information content (AvgIpc) is 3.20. The molecule has 0 atom stereocenters. The van der Waals surface area contributed by atoms with Crippen LogP contribution in [-0.4, -0.2) is 72.6 Å². The van der Waals surface area contributed by atoms with Crippen molar-refractivity contribution in [2.75, 3.05) is 46.3 Å². The fourth-order valence-electron chi connectivity index (χ4n) is 4.33. The van der Waals surface area contributed by atoms with Gasteiger partial charge in [0, 0.05) is 29.7 Å². The van der Waals surface area contributed by atoms with Gasteiger partial charge in [-0.2, -0.15) is 0 Å². The summed E-state index contributed by atoms with van der Waals surface area (Å²) in [6, 6.07) is 0. The van der Waals surface area contributed by atoms with Crippen molar-refractivity contribution in [3.05, 3.63) is 16.1 Å². The smallest absolute Gasteiger partial charge is 0.191 e. The van der Waals surface area contributed by atoms with E-state index in [2.05, 4.69) is 46.3 Å². The molecule has 2 fully saturated rings. The molecule has 0 aromatic carbocycles. The molecule has 0 saturated carbocycles. The van der Waals surface area contributed by atoms with Crippen molar-refractivity contribution >= 4 is 17.3 Å². The molecule has 2 aliphatic rings. The van der Waals surface area contributed by atoms with Gasteiger partial charge in [0.1, 0.15) is 5.01 Å². The predicted octanol–water partition coefficient (Wildman–Crippen LogP) is 2.71. The minimum Gasteiger partial charge on any atom is -0.357 e. The highest BCUT2D eigenvalue weighted by Crippen LogP contribution is 2.30. The molecule has 6 nitrogen and oxygen atoms in total. The zero-order chi connectivity index (χ0) is 19.8. The maximum Gasteiger partial charge on any atom is 0.191 e. The molecule has 1 aromatic rings. The number of likely N-dealkylation sites (tertiary alicyclic amines) is 2. The number of nitrogens with zero attached hydrogens (tertiary/aromatic N) is 4. The monoisotopic (exact) mass is 406 g/mol. The van der Waals surface area contributed by atoms with E-state index in [4.69, 9.17) is 4.99 Å². The number of aryl methyl sites for hydroxylation is 1. The number of aliphatic imine (C=N–C) groups is 1. The van der Waals surface area contributed by atoms with Gasteiger partial charge in [0.25, 0.3) is 0 Å². The van der Waals surface area contributed by atoms with E-state index in [1.807, 2.05) is 6.20 Å². The number of guanidine groups is 1. The second kappa shape index (κ2) is 10.6. The second-order valence-electron chi connectivity index (χ2n) is 8.20. The Balaban J connectivity index is 1.65. The van der Waals surface area contributed by atoms with Gasteiger partial charge in [0.15, 0.2) is 5.96 Å². The molecule has 2 aliphatic heterocycles. The van der Waals surface area contributed by atoms with Gasteiger partial charge >= 0.3 is 0 Å². The maximum absolute atomic E-state index is 4.82. The molecule has 2 saturated heterocycles. The number of hydrogen-bond acceptors (Lipinski definition) is 5. The van der Waals surface area contributed by atoms with Crippen LogP contribution in [0.2, 0.25) is 0 Å². The van der Waals surface area contributed by atoms with E-state index in [1.165, 1.54) is 63.2 Å². The highest BCUT2D eigenvalue weighted by Gasteiger charge is 2.39. The summed E-state index contributed by atoms with van der Waals surface area (Å²) in [6.45, 7) is 11.7. The van der Waals surface area contributed by atoms with E-state index < -0.39 is 0 Å². The average molecular weight is 407 g/mol. The van der Waals surface area contributed by atoms with Crippen LogP contribution in [-0.2, 0) is 13.0 Å². The van der Waals surface area contributed by atoms with Crippen LogP contribution in [0.15, 0.2) is 11.2 Å². The maximum atomic E-state index is 4.82. The molecule has 0 bridgehead atoms. The van der Waals surface area contributed by atoms with Gasteiger partial charge in [-0.05, 0) is 72.3 Å². The van der Waals surface area contributed by atoms with Crippen LogP contribution in [0.4, 0.5) is 0 Å². The Morgan fingerprint density at radius 3 is 2.54 bits per heavy atom. The van der Waals surface area contributed by atoms with Crippen LogP contribution >= 0.6 is 11.3 Å². The first-order chi connectivity index (χ1) is 13.6. The lowest BCUT2D eigenvalue weighted by Gasteiger charge is -2.50. The predicted molar refractivity (Wildman–Crippen MR) is 119 cm³/mol. The first-order valence-corrected chi connectivity index (χ1v) is 11.9. The lowest BCUT2D eigenvalue weighted by Crippen LogP contribution is -2.62. The van der Waals surface area contributed by atoms with E-state index in [0.29, 0.717) is 6.54 Å². The lowest BCUT2D eigenvalue weighted by molar-refractivity contribution is 0.0173. The van der Waals surface area contributed by atoms with Gasteiger partial charge in [-0.1, -0.05) is 13.3 Å². The highest BCUT2D eigenvalue weighted by atomic mass is 32.1. The molecule has 0 unspecified atom stereocenters. The van der Waals surface area contributed by atoms with E-state index in [-0.39, 0.29) is 5.54 Å².